The molecule has 1 aliphatic rings. The Morgan fingerprint density at radius 1 is 1.14 bits per heavy atom. The van der Waals surface area contributed by atoms with E-state index in [9.17, 15) is 4.79 Å². The summed E-state index contributed by atoms with van der Waals surface area (Å²) in [5, 5.41) is 6.77. The van der Waals surface area contributed by atoms with Crippen LogP contribution in [-0.2, 0) is 16.1 Å². The largest absolute Gasteiger partial charge is 0.495 e. The fourth-order valence-electron chi connectivity index (χ4n) is 2.92. The Labute approximate surface area is 167 Å². The van der Waals surface area contributed by atoms with Crippen molar-refractivity contribution in [2.24, 2.45) is 0 Å². The van der Waals surface area contributed by atoms with Gasteiger partial charge in [-0.1, -0.05) is 11.2 Å². The van der Waals surface area contributed by atoms with Crippen LogP contribution in [0.4, 0.5) is 5.69 Å². The second-order valence-electron chi connectivity index (χ2n) is 6.50. The fourth-order valence-corrected chi connectivity index (χ4v) is 2.92. The summed E-state index contributed by atoms with van der Waals surface area (Å²) < 4.78 is 26.7. The zero-order valence-corrected chi connectivity index (χ0v) is 16.1. The maximum Gasteiger partial charge on any atom is 0.250 e. The van der Waals surface area contributed by atoms with Gasteiger partial charge < -0.3 is 28.8 Å². The molecule has 1 N–H and O–H groups in total. The zero-order valence-electron chi connectivity index (χ0n) is 16.1. The van der Waals surface area contributed by atoms with Gasteiger partial charge in [0, 0.05) is 11.6 Å². The molecule has 0 aliphatic carbocycles. The third-order valence-electron chi connectivity index (χ3n) is 4.33. The quantitative estimate of drug-likeness (QED) is 0.653. The lowest BCUT2D eigenvalue weighted by Gasteiger charge is -2.11. The molecule has 0 unspecified atom stereocenters. The van der Waals surface area contributed by atoms with Crippen LogP contribution >= 0.6 is 0 Å². The number of amides is 1. The average Bonchev–Trinajstić information content (AvgIpc) is 3.37. The number of carbonyl (C=O) groups is 1. The molecule has 8 nitrogen and oxygen atoms in total. The Bertz CT molecular complexity index is 1030. The number of aromatic nitrogens is 1. The number of carbonyl (C=O) groups excluding carboxylic acids is 1. The standard InChI is InChI=1S/C21H20N2O6/c1-13-3-5-17(25-2)16(7-13)22-21(24)11-26-10-15-9-19(29-23-15)14-4-6-18-20(8-14)28-12-27-18/h3-9H,10-12H2,1-2H3,(H,22,24). The molecule has 2 heterocycles. The highest BCUT2D eigenvalue weighted by Crippen LogP contribution is 2.36. The van der Waals surface area contributed by atoms with Crippen molar-refractivity contribution in [2.45, 2.75) is 13.5 Å². The third kappa shape index (κ3) is 4.33. The fraction of sp³-hybridized carbons (Fsp3) is 0.238. The van der Waals surface area contributed by atoms with Gasteiger partial charge in [-0.3, -0.25) is 4.79 Å². The van der Waals surface area contributed by atoms with E-state index in [1.54, 1.807) is 19.2 Å². The van der Waals surface area contributed by atoms with E-state index in [-0.39, 0.29) is 25.9 Å². The topological polar surface area (TPSA) is 92.1 Å². The van der Waals surface area contributed by atoms with E-state index >= 15 is 0 Å². The Morgan fingerprint density at radius 2 is 2.00 bits per heavy atom. The highest BCUT2D eigenvalue weighted by atomic mass is 16.7. The Hall–Kier alpha value is -3.52. The predicted octanol–water partition coefficient (Wildman–Crippen LogP) is 3.54. The summed E-state index contributed by atoms with van der Waals surface area (Å²) in [7, 11) is 1.55. The molecule has 4 rings (SSSR count). The minimum absolute atomic E-state index is 0.122. The van der Waals surface area contributed by atoms with Crippen molar-refractivity contribution in [3.63, 3.8) is 0 Å². The smallest absolute Gasteiger partial charge is 0.250 e. The number of anilines is 1. The van der Waals surface area contributed by atoms with Crippen molar-refractivity contribution < 1.29 is 28.3 Å². The van der Waals surface area contributed by atoms with Gasteiger partial charge in [0.05, 0.1) is 19.4 Å². The van der Waals surface area contributed by atoms with Crippen LogP contribution in [0.15, 0.2) is 47.0 Å². The molecule has 1 aromatic heterocycles. The molecule has 0 saturated heterocycles. The Kier molecular flexibility index (Phi) is 5.35. The summed E-state index contributed by atoms with van der Waals surface area (Å²) in [5.41, 5.74) is 3.02. The van der Waals surface area contributed by atoms with Crippen molar-refractivity contribution in [3.8, 4) is 28.6 Å². The van der Waals surface area contributed by atoms with Crippen molar-refractivity contribution in [2.75, 3.05) is 25.8 Å². The first-order chi connectivity index (χ1) is 14.1. The number of ether oxygens (including phenoxy) is 4. The predicted molar refractivity (Wildman–Crippen MR) is 104 cm³/mol. The number of benzene rings is 2. The lowest BCUT2D eigenvalue weighted by atomic mass is 10.1. The van der Waals surface area contributed by atoms with E-state index in [4.69, 9.17) is 23.5 Å². The van der Waals surface area contributed by atoms with Crippen LogP contribution in [0.2, 0.25) is 0 Å². The zero-order chi connectivity index (χ0) is 20.2. The molecular weight excluding hydrogens is 376 g/mol. The van der Waals surface area contributed by atoms with Crippen LogP contribution in [0.5, 0.6) is 17.2 Å². The number of hydrogen-bond acceptors (Lipinski definition) is 7. The molecule has 0 saturated carbocycles. The first kappa shape index (κ1) is 18.8. The van der Waals surface area contributed by atoms with Gasteiger partial charge in [-0.2, -0.15) is 0 Å². The van der Waals surface area contributed by atoms with E-state index in [0.29, 0.717) is 34.4 Å². The number of rotatable bonds is 7. The Morgan fingerprint density at radius 3 is 2.86 bits per heavy atom. The maximum absolute atomic E-state index is 12.2. The SMILES string of the molecule is COc1ccc(C)cc1NC(=O)COCc1cc(-c2ccc3c(c2)OCO3)on1. The number of nitrogens with zero attached hydrogens (tertiary/aromatic N) is 1. The van der Waals surface area contributed by atoms with Crippen LogP contribution in [-0.4, -0.2) is 31.6 Å². The Balaban J connectivity index is 1.31. The molecule has 2 aromatic carbocycles. The van der Waals surface area contributed by atoms with Crippen LogP contribution < -0.4 is 19.5 Å². The maximum atomic E-state index is 12.2. The molecule has 0 radical (unpaired) electrons. The highest BCUT2D eigenvalue weighted by Gasteiger charge is 2.16. The van der Waals surface area contributed by atoms with Gasteiger partial charge in [0.2, 0.25) is 12.7 Å². The highest BCUT2D eigenvalue weighted by molar-refractivity contribution is 5.93. The number of fused-ring (bicyclic) bond motifs is 1. The van der Waals surface area contributed by atoms with Crippen molar-refractivity contribution in [3.05, 3.63) is 53.7 Å². The normalized spacial score (nSPS) is 12.1. The molecular formula is C21H20N2O6. The lowest BCUT2D eigenvalue weighted by molar-refractivity contribution is -0.121. The van der Waals surface area contributed by atoms with Gasteiger partial charge in [0.1, 0.15) is 18.1 Å². The van der Waals surface area contributed by atoms with Gasteiger partial charge in [0.15, 0.2) is 17.3 Å². The van der Waals surface area contributed by atoms with Gasteiger partial charge in [-0.05, 0) is 42.8 Å². The molecule has 1 aliphatic heterocycles. The average molecular weight is 396 g/mol. The first-order valence-electron chi connectivity index (χ1n) is 9.00. The van der Waals surface area contributed by atoms with Gasteiger partial charge in [-0.25, -0.2) is 0 Å². The van der Waals surface area contributed by atoms with Crippen molar-refractivity contribution >= 4 is 11.6 Å². The number of methoxy groups -OCH3 is 1. The minimum Gasteiger partial charge on any atom is -0.495 e. The molecule has 3 aromatic rings. The van der Waals surface area contributed by atoms with E-state index in [0.717, 1.165) is 11.1 Å². The summed E-state index contributed by atoms with van der Waals surface area (Å²) >= 11 is 0. The summed E-state index contributed by atoms with van der Waals surface area (Å²) in [6, 6.07) is 12.8. The van der Waals surface area contributed by atoms with E-state index < -0.39 is 0 Å². The first-order valence-corrected chi connectivity index (χ1v) is 9.00. The number of hydrogen-bond donors (Lipinski definition) is 1. The van der Waals surface area contributed by atoms with E-state index in [1.807, 2.05) is 37.3 Å². The minimum atomic E-state index is -0.284. The van der Waals surface area contributed by atoms with Crippen LogP contribution in [0.25, 0.3) is 11.3 Å². The molecule has 150 valence electrons. The molecule has 0 spiro atoms. The molecule has 29 heavy (non-hydrogen) atoms. The third-order valence-corrected chi connectivity index (χ3v) is 4.33. The monoisotopic (exact) mass is 396 g/mol. The molecule has 0 bridgehead atoms. The summed E-state index contributed by atoms with van der Waals surface area (Å²) in [4.78, 5) is 12.2. The van der Waals surface area contributed by atoms with Crippen LogP contribution in [0.1, 0.15) is 11.3 Å². The van der Waals surface area contributed by atoms with Crippen LogP contribution in [0.3, 0.4) is 0 Å². The van der Waals surface area contributed by atoms with Gasteiger partial charge in [0.25, 0.3) is 0 Å². The summed E-state index contributed by atoms with van der Waals surface area (Å²) in [5.74, 6) is 2.26. The molecule has 1 amide bonds. The second-order valence-corrected chi connectivity index (χ2v) is 6.50. The lowest BCUT2D eigenvalue weighted by Crippen LogP contribution is -2.18. The molecule has 8 heteroatoms. The number of nitrogens with one attached hydrogen (secondary N) is 1. The van der Waals surface area contributed by atoms with Gasteiger partial charge >= 0.3 is 0 Å². The second kappa shape index (κ2) is 8.24. The van der Waals surface area contributed by atoms with Crippen molar-refractivity contribution in [1.29, 1.82) is 0 Å². The van der Waals surface area contributed by atoms with Gasteiger partial charge in [-0.15, -0.1) is 0 Å². The molecule has 0 fully saturated rings. The van der Waals surface area contributed by atoms with Crippen molar-refractivity contribution in [1.82, 2.24) is 5.16 Å². The summed E-state index contributed by atoms with van der Waals surface area (Å²) in [6.07, 6.45) is 0. The van der Waals surface area contributed by atoms with E-state index in [1.165, 1.54) is 0 Å². The van der Waals surface area contributed by atoms with E-state index in [2.05, 4.69) is 10.5 Å². The molecule has 0 atom stereocenters. The number of aryl methyl sites for hydroxylation is 1. The van der Waals surface area contributed by atoms with Crippen LogP contribution in [0, 0.1) is 6.92 Å². The summed E-state index contributed by atoms with van der Waals surface area (Å²) in [6.45, 7) is 2.18.